The first-order chi connectivity index (χ1) is 7.63. The number of hydrogen-bond acceptors (Lipinski definition) is 3. The monoisotopic (exact) mass is 240 g/mol. The van der Waals surface area contributed by atoms with Crippen LogP contribution in [0.2, 0.25) is 5.02 Å². The standard InChI is InChI=1S/C12H13ClO3/c1-9(15)3-2-6-16-12-7-11(13)5-4-10(12)8-14/h4-5,7-8H,2-3,6H2,1H3. The molecule has 0 heterocycles. The molecule has 0 atom stereocenters. The first-order valence-electron chi connectivity index (χ1n) is 5.00. The van der Waals surface area contributed by atoms with E-state index >= 15 is 0 Å². The number of Topliss-reactive ketones (excluding diaryl/α,β-unsaturated/α-hetero) is 1. The maximum atomic E-state index is 10.7. The maximum absolute atomic E-state index is 10.7. The van der Waals surface area contributed by atoms with Crippen LogP contribution in [0.4, 0.5) is 0 Å². The number of ether oxygens (including phenoxy) is 1. The molecule has 0 aliphatic carbocycles. The van der Waals surface area contributed by atoms with Crippen LogP contribution < -0.4 is 4.74 Å². The molecule has 0 aliphatic rings. The van der Waals surface area contributed by atoms with Crippen LogP contribution in [0.15, 0.2) is 18.2 Å². The van der Waals surface area contributed by atoms with Crippen molar-refractivity contribution in [3.8, 4) is 5.75 Å². The summed E-state index contributed by atoms with van der Waals surface area (Å²) in [5.41, 5.74) is 0.465. The zero-order valence-electron chi connectivity index (χ0n) is 9.03. The fourth-order valence-corrected chi connectivity index (χ4v) is 1.40. The summed E-state index contributed by atoms with van der Waals surface area (Å²) in [5, 5.41) is 0.521. The Hall–Kier alpha value is -1.35. The Kier molecular flexibility index (Phi) is 4.99. The minimum atomic E-state index is 0.130. The lowest BCUT2D eigenvalue weighted by Crippen LogP contribution is -2.02. The van der Waals surface area contributed by atoms with E-state index in [9.17, 15) is 9.59 Å². The van der Waals surface area contributed by atoms with Gasteiger partial charge in [-0.1, -0.05) is 11.6 Å². The zero-order chi connectivity index (χ0) is 12.0. The summed E-state index contributed by atoms with van der Waals surface area (Å²) in [6.45, 7) is 1.94. The topological polar surface area (TPSA) is 43.4 Å². The van der Waals surface area contributed by atoms with E-state index in [4.69, 9.17) is 16.3 Å². The van der Waals surface area contributed by atoms with Crippen LogP contribution >= 0.6 is 11.6 Å². The van der Waals surface area contributed by atoms with E-state index in [1.807, 2.05) is 0 Å². The summed E-state index contributed by atoms with van der Waals surface area (Å²) in [6.07, 6.45) is 1.84. The number of benzene rings is 1. The minimum absolute atomic E-state index is 0.130. The van der Waals surface area contributed by atoms with Gasteiger partial charge in [-0.3, -0.25) is 4.79 Å². The molecular formula is C12H13ClO3. The van der Waals surface area contributed by atoms with Crippen LogP contribution in [0, 0.1) is 0 Å². The van der Waals surface area contributed by atoms with Crippen molar-refractivity contribution in [1.29, 1.82) is 0 Å². The van der Waals surface area contributed by atoms with E-state index in [0.717, 1.165) is 6.29 Å². The predicted octanol–water partition coefficient (Wildman–Crippen LogP) is 2.90. The smallest absolute Gasteiger partial charge is 0.153 e. The van der Waals surface area contributed by atoms with Crippen LogP contribution in [-0.2, 0) is 4.79 Å². The SMILES string of the molecule is CC(=O)CCCOc1cc(Cl)ccc1C=O. The highest BCUT2D eigenvalue weighted by molar-refractivity contribution is 6.30. The number of rotatable bonds is 6. The second kappa shape index (κ2) is 6.28. The molecular weight excluding hydrogens is 228 g/mol. The molecule has 0 saturated carbocycles. The Morgan fingerprint density at radius 3 is 2.88 bits per heavy atom. The van der Waals surface area contributed by atoms with E-state index < -0.39 is 0 Å². The average Bonchev–Trinajstić information content (AvgIpc) is 2.24. The molecule has 0 aromatic heterocycles. The van der Waals surface area contributed by atoms with Crippen LogP contribution in [-0.4, -0.2) is 18.7 Å². The Balaban J connectivity index is 2.55. The first-order valence-corrected chi connectivity index (χ1v) is 5.38. The number of hydrogen-bond donors (Lipinski definition) is 0. The van der Waals surface area contributed by atoms with Crippen molar-refractivity contribution < 1.29 is 14.3 Å². The Morgan fingerprint density at radius 2 is 2.25 bits per heavy atom. The number of aldehydes is 1. The second-order valence-electron chi connectivity index (χ2n) is 3.45. The molecule has 0 amide bonds. The van der Waals surface area contributed by atoms with Crippen LogP contribution in [0.5, 0.6) is 5.75 Å². The van der Waals surface area contributed by atoms with Gasteiger partial charge in [-0.15, -0.1) is 0 Å². The molecule has 0 radical (unpaired) electrons. The van der Waals surface area contributed by atoms with Gasteiger partial charge in [0, 0.05) is 11.4 Å². The van der Waals surface area contributed by atoms with Crippen molar-refractivity contribution in [2.45, 2.75) is 19.8 Å². The van der Waals surface area contributed by atoms with Gasteiger partial charge in [-0.25, -0.2) is 0 Å². The fourth-order valence-electron chi connectivity index (χ4n) is 1.23. The lowest BCUT2D eigenvalue weighted by Gasteiger charge is -2.07. The zero-order valence-corrected chi connectivity index (χ0v) is 9.79. The predicted molar refractivity (Wildman–Crippen MR) is 62.2 cm³/mol. The largest absolute Gasteiger partial charge is 0.493 e. The van der Waals surface area contributed by atoms with Gasteiger partial charge in [-0.05, 0) is 31.5 Å². The molecule has 0 N–H and O–H groups in total. The summed E-state index contributed by atoms with van der Waals surface area (Å²) in [7, 11) is 0. The molecule has 0 saturated heterocycles. The van der Waals surface area contributed by atoms with Crippen molar-refractivity contribution in [2.75, 3.05) is 6.61 Å². The molecule has 0 unspecified atom stereocenters. The van der Waals surface area contributed by atoms with Crippen molar-refractivity contribution in [1.82, 2.24) is 0 Å². The average molecular weight is 241 g/mol. The third kappa shape index (κ3) is 4.03. The first kappa shape index (κ1) is 12.7. The van der Waals surface area contributed by atoms with Gasteiger partial charge >= 0.3 is 0 Å². The molecule has 0 bridgehead atoms. The molecule has 3 nitrogen and oxygen atoms in total. The second-order valence-corrected chi connectivity index (χ2v) is 3.89. The van der Waals surface area contributed by atoms with Gasteiger partial charge in [0.05, 0.1) is 12.2 Å². The molecule has 4 heteroatoms. The minimum Gasteiger partial charge on any atom is -0.493 e. The highest BCUT2D eigenvalue weighted by Gasteiger charge is 2.04. The van der Waals surface area contributed by atoms with E-state index in [0.29, 0.717) is 35.8 Å². The van der Waals surface area contributed by atoms with Crippen molar-refractivity contribution in [3.63, 3.8) is 0 Å². The third-order valence-electron chi connectivity index (χ3n) is 2.03. The van der Waals surface area contributed by atoms with Gasteiger partial charge in [-0.2, -0.15) is 0 Å². The van der Waals surface area contributed by atoms with Gasteiger partial charge < -0.3 is 9.53 Å². The Bertz CT molecular complexity index is 388. The summed E-state index contributed by atoms with van der Waals surface area (Å²) in [6, 6.07) is 4.84. The van der Waals surface area contributed by atoms with Gasteiger partial charge in [0.25, 0.3) is 0 Å². The molecule has 1 aromatic carbocycles. The molecule has 1 aromatic rings. The highest BCUT2D eigenvalue weighted by Crippen LogP contribution is 2.22. The van der Waals surface area contributed by atoms with Crippen molar-refractivity contribution >= 4 is 23.7 Å². The Morgan fingerprint density at radius 1 is 1.50 bits per heavy atom. The van der Waals surface area contributed by atoms with Crippen molar-refractivity contribution in [2.24, 2.45) is 0 Å². The number of ketones is 1. The molecule has 1 rings (SSSR count). The summed E-state index contributed by atoms with van der Waals surface area (Å²) >= 11 is 5.79. The number of carbonyl (C=O) groups excluding carboxylic acids is 2. The molecule has 0 fully saturated rings. The van der Waals surface area contributed by atoms with Gasteiger partial charge in [0.2, 0.25) is 0 Å². The normalized spacial score (nSPS) is 9.88. The van der Waals surface area contributed by atoms with E-state index in [-0.39, 0.29) is 5.78 Å². The highest BCUT2D eigenvalue weighted by atomic mass is 35.5. The van der Waals surface area contributed by atoms with E-state index in [1.165, 1.54) is 6.92 Å². The third-order valence-corrected chi connectivity index (χ3v) is 2.27. The quantitative estimate of drug-likeness (QED) is 0.567. The van der Waals surface area contributed by atoms with Gasteiger partial charge in [0.1, 0.15) is 11.5 Å². The Labute approximate surface area is 99.4 Å². The van der Waals surface area contributed by atoms with Crippen LogP contribution in [0.25, 0.3) is 0 Å². The molecule has 0 aliphatic heterocycles. The molecule has 86 valence electrons. The summed E-state index contributed by atoms with van der Waals surface area (Å²) in [4.78, 5) is 21.4. The summed E-state index contributed by atoms with van der Waals surface area (Å²) < 4.78 is 5.39. The summed E-state index contributed by atoms with van der Waals surface area (Å²) in [5.74, 6) is 0.594. The van der Waals surface area contributed by atoms with E-state index in [1.54, 1.807) is 18.2 Å². The number of halogens is 1. The van der Waals surface area contributed by atoms with Crippen LogP contribution in [0.1, 0.15) is 30.1 Å². The molecule has 16 heavy (non-hydrogen) atoms. The van der Waals surface area contributed by atoms with E-state index in [2.05, 4.69) is 0 Å². The number of carbonyl (C=O) groups is 2. The lowest BCUT2D eigenvalue weighted by atomic mass is 10.2. The molecule has 0 spiro atoms. The van der Waals surface area contributed by atoms with Gasteiger partial charge in [0.15, 0.2) is 6.29 Å². The maximum Gasteiger partial charge on any atom is 0.153 e. The van der Waals surface area contributed by atoms with Crippen LogP contribution in [0.3, 0.4) is 0 Å². The fraction of sp³-hybridized carbons (Fsp3) is 0.333. The lowest BCUT2D eigenvalue weighted by molar-refractivity contribution is -0.117. The van der Waals surface area contributed by atoms with Crippen molar-refractivity contribution in [3.05, 3.63) is 28.8 Å².